The molecule has 0 radical (unpaired) electrons. The van der Waals surface area contributed by atoms with Gasteiger partial charge in [-0.05, 0) is 23.8 Å². The molecule has 7 heteroatoms. The van der Waals surface area contributed by atoms with Gasteiger partial charge in [0.25, 0.3) is 5.91 Å². The van der Waals surface area contributed by atoms with E-state index in [0.717, 1.165) is 11.1 Å². The Morgan fingerprint density at radius 2 is 1.65 bits per heavy atom. The van der Waals surface area contributed by atoms with Gasteiger partial charge in [-0.25, -0.2) is 0 Å². The third-order valence-electron chi connectivity index (χ3n) is 3.41. The summed E-state index contributed by atoms with van der Waals surface area (Å²) in [4.78, 5) is 23.4. The summed E-state index contributed by atoms with van der Waals surface area (Å²) in [6.07, 6.45) is 0. The van der Waals surface area contributed by atoms with Crippen LogP contribution in [0.4, 0.5) is 0 Å². The number of ether oxygens (including phenoxy) is 1. The molecular formula is C19H21N3O3S. The predicted molar refractivity (Wildman–Crippen MR) is 104 cm³/mol. The van der Waals surface area contributed by atoms with Crippen LogP contribution >= 0.6 is 12.2 Å². The molecule has 0 atom stereocenters. The fourth-order valence-electron chi connectivity index (χ4n) is 2.04. The zero-order valence-electron chi connectivity index (χ0n) is 14.6. The maximum absolute atomic E-state index is 11.9. The van der Waals surface area contributed by atoms with E-state index in [-0.39, 0.29) is 23.5 Å². The van der Waals surface area contributed by atoms with Gasteiger partial charge in [-0.1, -0.05) is 62.4 Å². The van der Waals surface area contributed by atoms with Crippen LogP contribution in [-0.4, -0.2) is 23.5 Å². The van der Waals surface area contributed by atoms with E-state index in [0.29, 0.717) is 5.75 Å². The van der Waals surface area contributed by atoms with Crippen molar-refractivity contribution in [2.24, 2.45) is 5.92 Å². The molecule has 0 saturated heterocycles. The van der Waals surface area contributed by atoms with Gasteiger partial charge in [0.05, 0.1) is 0 Å². The van der Waals surface area contributed by atoms with Crippen molar-refractivity contribution < 1.29 is 14.3 Å². The van der Waals surface area contributed by atoms with Crippen molar-refractivity contribution in [3.8, 4) is 16.9 Å². The number of rotatable bonds is 5. The highest BCUT2D eigenvalue weighted by Crippen LogP contribution is 2.29. The topological polar surface area (TPSA) is 79.5 Å². The van der Waals surface area contributed by atoms with Crippen molar-refractivity contribution in [1.29, 1.82) is 0 Å². The average molecular weight is 371 g/mol. The molecule has 2 amide bonds. The summed E-state index contributed by atoms with van der Waals surface area (Å²) < 4.78 is 5.62. The van der Waals surface area contributed by atoms with E-state index in [4.69, 9.17) is 17.0 Å². The third kappa shape index (κ3) is 5.86. The van der Waals surface area contributed by atoms with Crippen molar-refractivity contribution in [2.45, 2.75) is 13.8 Å². The van der Waals surface area contributed by atoms with Gasteiger partial charge in [-0.15, -0.1) is 0 Å². The third-order valence-corrected chi connectivity index (χ3v) is 3.61. The molecule has 0 saturated carbocycles. The number of carbonyl (C=O) groups is 2. The fourth-order valence-corrected chi connectivity index (χ4v) is 2.19. The summed E-state index contributed by atoms with van der Waals surface area (Å²) in [6, 6.07) is 17.2. The molecule has 26 heavy (non-hydrogen) atoms. The number of nitrogens with one attached hydrogen (secondary N) is 3. The molecule has 6 nitrogen and oxygen atoms in total. The lowest BCUT2D eigenvalue weighted by Crippen LogP contribution is -2.50. The predicted octanol–water partition coefficient (Wildman–Crippen LogP) is 2.41. The summed E-state index contributed by atoms with van der Waals surface area (Å²) in [6.45, 7) is 3.29. The standard InChI is InChI=1S/C19H21N3O3S/c1-13(2)18(24)20-19(26)22-21-17(23)12-25-16-11-7-6-10-15(16)14-8-4-3-5-9-14/h3-11,13H,12H2,1-2H3,(H,21,23)(H2,20,22,24,26). The second-order valence-electron chi connectivity index (χ2n) is 5.80. The Labute approximate surface area is 157 Å². The van der Waals surface area contributed by atoms with E-state index in [2.05, 4.69) is 16.2 Å². The zero-order valence-corrected chi connectivity index (χ0v) is 15.4. The Bertz CT molecular complexity index is 779. The lowest BCUT2D eigenvalue weighted by molar-refractivity contribution is -0.124. The number of benzene rings is 2. The summed E-state index contributed by atoms with van der Waals surface area (Å²) >= 11 is 4.93. The van der Waals surface area contributed by atoms with Crippen LogP contribution in [0.25, 0.3) is 11.1 Å². The Balaban J connectivity index is 1.87. The Hall–Kier alpha value is -2.93. The minimum Gasteiger partial charge on any atom is -0.483 e. The Morgan fingerprint density at radius 1 is 1.00 bits per heavy atom. The molecule has 136 valence electrons. The largest absolute Gasteiger partial charge is 0.483 e. The minimum atomic E-state index is -0.422. The summed E-state index contributed by atoms with van der Waals surface area (Å²) in [5.41, 5.74) is 6.75. The van der Waals surface area contributed by atoms with Crippen LogP contribution < -0.4 is 20.9 Å². The Kier molecular flexibility index (Phi) is 7.11. The van der Waals surface area contributed by atoms with E-state index in [1.165, 1.54) is 0 Å². The van der Waals surface area contributed by atoms with Crippen LogP contribution in [0.3, 0.4) is 0 Å². The monoisotopic (exact) mass is 371 g/mol. The van der Waals surface area contributed by atoms with Crippen LogP contribution in [0.5, 0.6) is 5.75 Å². The minimum absolute atomic E-state index is 0.0294. The van der Waals surface area contributed by atoms with Gasteiger partial charge < -0.3 is 10.1 Å². The van der Waals surface area contributed by atoms with E-state index in [9.17, 15) is 9.59 Å². The summed E-state index contributed by atoms with van der Waals surface area (Å²) in [5, 5.41) is 2.49. The van der Waals surface area contributed by atoms with Crippen LogP contribution in [-0.2, 0) is 9.59 Å². The van der Waals surface area contributed by atoms with Gasteiger partial charge in [-0.3, -0.25) is 20.4 Å². The second-order valence-corrected chi connectivity index (χ2v) is 6.21. The normalized spacial score (nSPS) is 10.1. The lowest BCUT2D eigenvalue weighted by Gasteiger charge is -2.14. The van der Waals surface area contributed by atoms with Crippen LogP contribution in [0, 0.1) is 5.92 Å². The van der Waals surface area contributed by atoms with Gasteiger partial charge in [0.1, 0.15) is 5.75 Å². The van der Waals surface area contributed by atoms with Gasteiger partial charge >= 0.3 is 0 Å². The molecule has 0 aliphatic carbocycles. The second kappa shape index (κ2) is 9.53. The molecule has 3 N–H and O–H groups in total. The van der Waals surface area contributed by atoms with Crippen molar-refractivity contribution in [2.75, 3.05) is 6.61 Å². The molecule has 0 heterocycles. The van der Waals surface area contributed by atoms with Gasteiger partial charge in [0, 0.05) is 11.5 Å². The van der Waals surface area contributed by atoms with Gasteiger partial charge in [0.15, 0.2) is 11.7 Å². The number of amides is 2. The molecule has 0 aromatic heterocycles. The van der Waals surface area contributed by atoms with E-state index < -0.39 is 5.91 Å². The van der Waals surface area contributed by atoms with Gasteiger partial charge in [0.2, 0.25) is 5.91 Å². The number of carbonyl (C=O) groups excluding carboxylic acids is 2. The first kappa shape index (κ1) is 19.4. The first-order valence-electron chi connectivity index (χ1n) is 8.14. The highest BCUT2D eigenvalue weighted by Gasteiger charge is 2.11. The maximum atomic E-state index is 11.9. The van der Waals surface area contributed by atoms with Crippen LogP contribution in [0.2, 0.25) is 0 Å². The maximum Gasteiger partial charge on any atom is 0.276 e. The first-order valence-corrected chi connectivity index (χ1v) is 8.55. The van der Waals surface area contributed by atoms with Crippen LogP contribution in [0.15, 0.2) is 54.6 Å². The highest BCUT2D eigenvalue weighted by molar-refractivity contribution is 7.80. The molecule has 0 aliphatic heterocycles. The van der Waals surface area contributed by atoms with Crippen LogP contribution in [0.1, 0.15) is 13.8 Å². The highest BCUT2D eigenvalue weighted by atomic mass is 32.1. The molecule has 0 fully saturated rings. The van der Waals surface area contributed by atoms with Crippen molar-refractivity contribution >= 4 is 29.1 Å². The van der Waals surface area contributed by atoms with E-state index in [1.54, 1.807) is 19.9 Å². The number of hydrogen-bond donors (Lipinski definition) is 3. The summed E-state index contributed by atoms with van der Waals surface area (Å²) in [7, 11) is 0. The fraction of sp³-hybridized carbons (Fsp3) is 0.211. The number of hydrazine groups is 1. The molecular weight excluding hydrogens is 350 g/mol. The SMILES string of the molecule is CC(C)C(=O)NC(=S)NNC(=O)COc1ccccc1-c1ccccc1. The van der Waals surface area contributed by atoms with Crippen molar-refractivity contribution in [3.63, 3.8) is 0 Å². The van der Waals surface area contributed by atoms with Gasteiger partial charge in [-0.2, -0.15) is 0 Å². The quantitative estimate of drug-likeness (QED) is 0.556. The number of hydrogen-bond acceptors (Lipinski definition) is 4. The molecule has 0 spiro atoms. The lowest BCUT2D eigenvalue weighted by atomic mass is 10.1. The molecule has 0 aliphatic rings. The van der Waals surface area contributed by atoms with E-state index in [1.807, 2.05) is 48.5 Å². The number of thiocarbonyl (C=S) groups is 1. The first-order chi connectivity index (χ1) is 12.5. The van der Waals surface area contributed by atoms with E-state index >= 15 is 0 Å². The average Bonchev–Trinajstić information content (AvgIpc) is 2.65. The smallest absolute Gasteiger partial charge is 0.276 e. The van der Waals surface area contributed by atoms with Crippen molar-refractivity contribution in [3.05, 3.63) is 54.6 Å². The molecule has 2 aromatic carbocycles. The van der Waals surface area contributed by atoms with Crippen molar-refractivity contribution in [1.82, 2.24) is 16.2 Å². The molecule has 0 unspecified atom stereocenters. The molecule has 0 bridgehead atoms. The molecule has 2 aromatic rings. The molecule has 2 rings (SSSR count). The summed E-state index contributed by atoms with van der Waals surface area (Å²) in [5.74, 6) is -0.258. The Morgan fingerprint density at radius 3 is 2.35 bits per heavy atom. The number of para-hydroxylation sites is 1. The zero-order chi connectivity index (χ0) is 18.9.